The first-order chi connectivity index (χ1) is 15.8. The average molecular weight is 447 g/mol. The molecule has 180 valence electrons. The van der Waals surface area contributed by atoms with Crippen LogP contribution in [0.25, 0.3) is 0 Å². The van der Waals surface area contributed by atoms with Gasteiger partial charge in [-0.05, 0) is 82.6 Å². The van der Waals surface area contributed by atoms with Crippen LogP contribution in [-0.2, 0) is 25.6 Å². The molecule has 32 heavy (non-hydrogen) atoms. The van der Waals surface area contributed by atoms with Crippen LogP contribution in [0.5, 0.6) is 0 Å². The molecule has 3 fully saturated rings. The molecule has 0 radical (unpaired) electrons. The fraction of sp³-hybridized carbons (Fsp3) is 0.778. The maximum absolute atomic E-state index is 8.83. The Morgan fingerprint density at radius 3 is 1.56 bits per heavy atom. The van der Waals surface area contributed by atoms with Crippen molar-refractivity contribution in [1.82, 2.24) is 0 Å². The van der Waals surface area contributed by atoms with Gasteiger partial charge >= 0.3 is 0 Å². The molecule has 1 aromatic rings. The van der Waals surface area contributed by atoms with Gasteiger partial charge in [0.15, 0.2) is 0 Å². The summed E-state index contributed by atoms with van der Waals surface area (Å²) in [6.07, 6.45) is 16.7. The Labute approximate surface area is 193 Å². The third-order valence-corrected chi connectivity index (χ3v) is 7.05. The topological polar surface area (TPSA) is 67.0 Å². The van der Waals surface area contributed by atoms with Crippen LogP contribution in [0, 0.1) is 0 Å². The third-order valence-electron chi connectivity index (χ3n) is 7.05. The van der Waals surface area contributed by atoms with Crippen molar-refractivity contribution in [3.05, 3.63) is 35.9 Å². The van der Waals surface area contributed by atoms with Crippen LogP contribution in [-0.4, -0.2) is 54.9 Å². The molecule has 0 unspecified atom stereocenters. The molecule has 0 aliphatic carbocycles. The van der Waals surface area contributed by atoms with Gasteiger partial charge in [0, 0.05) is 13.2 Å². The molecular weight excluding hydrogens is 404 g/mol. The van der Waals surface area contributed by atoms with E-state index in [0.717, 1.165) is 32.3 Å². The van der Waals surface area contributed by atoms with E-state index in [1.807, 2.05) is 6.07 Å². The summed E-state index contributed by atoms with van der Waals surface area (Å²) in [4.78, 5) is 0. The number of epoxide rings is 3. The summed E-state index contributed by atoms with van der Waals surface area (Å²) in [5, 5.41) is 8.83. The fourth-order valence-electron chi connectivity index (χ4n) is 4.87. The average Bonchev–Trinajstić information content (AvgIpc) is 3.71. The zero-order chi connectivity index (χ0) is 22.0. The number of benzene rings is 1. The van der Waals surface area contributed by atoms with Crippen molar-refractivity contribution in [2.24, 2.45) is 0 Å². The van der Waals surface area contributed by atoms with Gasteiger partial charge in [-0.3, -0.25) is 0 Å². The van der Waals surface area contributed by atoms with Gasteiger partial charge in [-0.25, -0.2) is 0 Å². The first kappa shape index (κ1) is 24.2. The van der Waals surface area contributed by atoms with Crippen LogP contribution in [0.4, 0.5) is 0 Å². The second-order valence-corrected chi connectivity index (χ2v) is 9.75. The van der Waals surface area contributed by atoms with E-state index in [4.69, 9.17) is 24.1 Å². The molecule has 3 aliphatic rings. The van der Waals surface area contributed by atoms with Crippen LogP contribution < -0.4 is 0 Å². The second-order valence-electron chi connectivity index (χ2n) is 9.75. The molecule has 3 aliphatic heterocycles. The highest BCUT2D eigenvalue weighted by Gasteiger charge is 2.42. The van der Waals surface area contributed by atoms with Crippen LogP contribution in [0.2, 0.25) is 0 Å². The van der Waals surface area contributed by atoms with Gasteiger partial charge in [0.05, 0.1) is 43.2 Å². The molecule has 1 N–H and O–H groups in total. The summed E-state index contributed by atoms with van der Waals surface area (Å²) >= 11 is 0. The molecule has 3 saturated heterocycles. The lowest BCUT2D eigenvalue weighted by Gasteiger charge is -2.03. The molecule has 0 aromatic heterocycles. The molecule has 0 bridgehead atoms. The van der Waals surface area contributed by atoms with E-state index in [-0.39, 0.29) is 0 Å². The van der Waals surface area contributed by atoms with Gasteiger partial charge in [0.2, 0.25) is 0 Å². The number of aliphatic hydroxyl groups excluding tert-OH is 1. The Morgan fingerprint density at radius 1 is 0.594 bits per heavy atom. The number of aliphatic hydroxyl groups is 1. The van der Waals surface area contributed by atoms with Gasteiger partial charge in [0.1, 0.15) is 0 Å². The molecule has 0 saturated carbocycles. The van der Waals surface area contributed by atoms with Crippen LogP contribution in [0.3, 0.4) is 0 Å². The van der Waals surface area contributed by atoms with Gasteiger partial charge in [-0.15, -0.1) is 0 Å². The number of hydrogen-bond acceptors (Lipinski definition) is 5. The summed E-state index contributed by atoms with van der Waals surface area (Å²) in [5.41, 5.74) is 1.25. The van der Waals surface area contributed by atoms with Crippen molar-refractivity contribution in [3.8, 4) is 0 Å². The van der Waals surface area contributed by atoms with Crippen molar-refractivity contribution in [2.75, 3.05) is 13.2 Å². The Morgan fingerprint density at radius 2 is 1.06 bits per heavy atom. The van der Waals surface area contributed by atoms with Crippen molar-refractivity contribution in [2.45, 2.75) is 120 Å². The lowest BCUT2D eigenvalue weighted by Crippen LogP contribution is -2.00. The van der Waals surface area contributed by atoms with Gasteiger partial charge in [0.25, 0.3) is 0 Å². The second kappa shape index (κ2) is 13.0. The van der Waals surface area contributed by atoms with E-state index in [0.29, 0.717) is 49.8 Å². The molecule has 6 atom stereocenters. The minimum absolute atomic E-state index is 0.302. The SMILES string of the molecule is OCCCC[C@@H]1O[C@@H]1CCC[C@H]1O[C@H]1CCC[C@@H]1O[C@@H]1CCCCOCc1ccccc1. The quantitative estimate of drug-likeness (QED) is 0.234. The van der Waals surface area contributed by atoms with E-state index < -0.39 is 0 Å². The van der Waals surface area contributed by atoms with Crippen LogP contribution in [0.15, 0.2) is 30.3 Å². The first-order valence-electron chi connectivity index (χ1n) is 13.0. The number of unbranched alkanes of at least 4 members (excludes halogenated alkanes) is 2. The lowest BCUT2D eigenvalue weighted by molar-refractivity contribution is 0.116. The number of hydrogen-bond donors (Lipinski definition) is 1. The molecule has 4 rings (SSSR count). The number of rotatable bonds is 19. The zero-order valence-electron chi connectivity index (χ0n) is 19.5. The molecular formula is C27H42O5. The number of ether oxygens (including phenoxy) is 4. The maximum Gasteiger partial charge on any atom is 0.0841 e. The highest BCUT2D eigenvalue weighted by molar-refractivity contribution is 5.13. The fourth-order valence-corrected chi connectivity index (χ4v) is 4.87. The summed E-state index contributed by atoms with van der Waals surface area (Å²) < 4.78 is 23.2. The van der Waals surface area contributed by atoms with Gasteiger partial charge < -0.3 is 24.1 Å². The Bertz CT molecular complexity index is 638. The Balaban J connectivity index is 0.903. The normalized spacial score (nSPS) is 30.4. The Kier molecular flexibility index (Phi) is 9.85. The molecule has 1 aromatic carbocycles. The van der Waals surface area contributed by atoms with Crippen LogP contribution in [0.1, 0.15) is 82.6 Å². The van der Waals surface area contributed by atoms with Crippen molar-refractivity contribution < 1.29 is 24.1 Å². The van der Waals surface area contributed by atoms with Crippen molar-refractivity contribution in [1.29, 1.82) is 0 Å². The molecule has 0 amide bonds. The first-order valence-corrected chi connectivity index (χ1v) is 13.0. The summed E-state index contributed by atoms with van der Waals surface area (Å²) in [5.74, 6) is 0. The van der Waals surface area contributed by atoms with E-state index in [2.05, 4.69) is 24.3 Å². The summed E-state index contributed by atoms with van der Waals surface area (Å²) in [7, 11) is 0. The standard InChI is InChI=1S/C27H42O5/c28-18-6-4-12-22-24(30-22)14-8-16-26-27(32-26)17-9-15-25-23(31-25)13-5-7-19-29-20-21-10-2-1-3-11-21/h1-3,10-11,22-28H,4-9,12-20H2/t22-,23+,24+,25-,26+,27-/m0/s1. The minimum Gasteiger partial charge on any atom is -0.396 e. The maximum atomic E-state index is 8.83. The molecule has 3 heterocycles. The van der Waals surface area contributed by atoms with Gasteiger partial charge in [-0.2, -0.15) is 0 Å². The van der Waals surface area contributed by atoms with E-state index in [9.17, 15) is 0 Å². The third kappa shape index (κ3) is 8.75. The molecule has 5 nitrogen and oxygen atoms in total. The van der Waals surface area contributed by atoms with Crippen molar-refractivity contribution in [3.63, 3.8) is 0 Å². The predicted octanol–water partition coefficient (Wildman–Crippen LogP) is 5.18. The van der Waals surface area contributed by atoms with Crippen molar-refractivity contribution >= 4 is 0 Å². The Hall–Kier alpha value is -0.980. The zero-order valence-corrected chi connectivity index (χ0v) is 19.5. The van der Waals surface area contributed by atoms with E-state index in [1.54, 1.807) is 0 Å². The molecule has 5 heteroatoms. The molecule has 0 spiro atoms. The summed E-state index contributed by atoms with van der Waals surface area (Å²) in [6.45, 7) is 1.86. The van der Waals surface area contributed by atoms with Gasteiger partial charge in [-0.1, -0.05) is 30.3 Å². The van der Waals surface area contributed by atoms with E-state index >= 15 is 0 Å². The summed E-state index contributed by atoms with van der Waals surface area (Å²) in [6, 6.07) is 10.4. The highest BCUT2D eigenvalue weighted by Crippen LogP contribution is 2.37. The van der Waals surface area contributed by atoms with Crippen LogP contribution >= 0.6 is 0 Å². The smallest absolute Gasteiger partial charge is 0.0841 e. The highest BCUT2D eigenvalue weighted by atomic mass is 16.6. The minimum atomic E-state index is 0.302. The monoisotopic (exact) mass is 446 g/mol. The lowest BCUT2D eigenvalue weighted by atomic mass is 10.0. The largest absolute Gasteiger partial charge is 0.396 e. The van der Waals surface area contributed by atoms with E-state index in [1.165, 1.54) is 56.9 Å². The predicted molar refractivity (Wildman–Crippen MR) is 125 cm³/mol.